The average Bonchev–Trinajstić information content (AvgIpc) is 2.59. The third-order valence-electron chi connectivity index (χ3n) is 3.26. The Balaban J connectivity index is 2.50. The predicted molar refractivity (Wildman–Crippen MR) is 75.5 cm³/mol. The maximum Gasteiger partial charge on any atom is 0.0456 e. The number of hydrogen-bond acceptors (Lipinski definition) is 0. The van der Waals surface area contributed by atoms with Crippen LogP contribution in [0.25, 0.3) is 10.9 Å². The van der Waals surface area contributed by atoms with Gasteiger partial charge in [0, 0.05) is 17.1 Å². The summed E-state index contributed by atoms with van der Waals surface area (Å²) in [5.41, 5.74) is 4.34. The highest BCUT2D eigenvalue weighted by Gasteiger charge is 2.15. The molecule has 0 aliphatic rings. The highest BCUT2D eigenvalue weighted by atomic mass is 14.7. The zero-order valence-corrected chi connectivity index (χ0v) is 11.6. The zero-order valence-electron chi connectivity index (χ0n) is 11.6. The number of H-pyrrole nitrogens is 1. The largest absolute Gasteiger partial charge is 0.361 e. The lowest BCUT2D eigenvalue weighted by atomic mass is 9.86. The third kappa shape index (κ3) is 2.54. The summed E-state index contributed by atoms with van der Waals surface area (Å²) in [7, 11) is 0. The van der Waals surface area contributed by atoms with Gasteiger partial charge in [-0.2, -0.15) is 0 Å². The number of aromatic amines is 1. The average molecular weight is 229 g/mol. The molecular weight excluding hydrogens is 206 g/mol. The smallest absolute Gasteiger partial charge is 0.0456 e. The van der Waals surface area contributed by atoms with Crippen molar-refractivity contribution in [1.82, 2.24) is 4.98 Å². The first kappa shape index (κ1) is 12.2. The Labute approximate surface area is 104 Å². The van der Waals surface area contributed by atoms with E-state index in [-0.39, 0.29) is 5.41 Å². The van der Waals surface area contributed by atoms with Gasteiger partial charge in [0.1, 0.15) is 0 Å². The van der Waals surface area contributed by atoms with Crippen molar-refractivity contribution in [2.24, 2.45) is 5.92 Å². The molecule has 0 bridgehead atoms. The van der Waals surface area contributed by atoms with Gasteiger partial charge in [0.25, 0.3) is 0 Å². The van der Waals surface area contributed by atoms with E-state index in [0.29, 0.717) is 5.92 Å². The minimum atomic E-state index is 0.223. The van der Waals surface area contributed by atoms with Crippen molar-refractivity contribution in [2.45, 2.75) is 46.5 Å². The minimum absolute atomic E-state index is 0.223. The second kappa shape index (κ2) is 4.21. The summed E-state index contributed by atoms with van der Waals surface area (Å²) in [4.78, 5) is 3.37. The molecule has 1 nitrogen and oxygen atoms in total. The van der Waals surface area contributed by atoms with Gasteiger partial charge in [-0.25, -0.2) is 0 Å². The summed E-state index contributed by atoms with van der Waals surface area (Å²) < 4.78 is 0. The molecule has 1 aromatic carbocycles. The van der Waals surface area contributed by atoms with Crippen LogP contribution in [0.15, 0.2) is 24.4 Å². The maximum absolute atomic E-state index is 3.37. The zero-order chi connectivity index (χ0) is 12.6. The Kier molecular flexibility index (Phi) is 3.03. The number of hydrogen-bond donors (Lipinski definition) is 1. The Hall–Kier alpha value is -1.24. The van der Waals surface area contributed by atoms with Crippen molar-refractivity contribution in [3.63, 3.8) is 0 Å². The first-order valence-corrected chi connectivity index (χ1v) is 6.48. The van der Waals surface area contributed by atoms with E-state index in [9.17, 15) is 0 Å². The Morgan fingerprint density at radius 1 is 1.18 bits per heavy atom. The molecule has 0 spiro atoms. The predicted octanol–water partition coefficient (Wildman–Crippen LogP) is 4.66. The molecule has 0 aliphatic carbocycles. The molecule has 92 valence electrons. The van der Waals surface area contributed by atoms with Crippen LogP contribution in [-0.4, -0.2) is 4.98 Å². The van der Waals surface area contributed by atoms with Gasteiger partial charge in [-0.15, -0.1) is 0 Å². The lowest BCUT2D eigenvalue weighted by Gasteiger charge is -2.19. The standard InChI is InChI=1S/C16H23N/c1-11(2)8-12-10-17-15-7-6-13(9-14(12)15)16(3,4)5/h6-7,9-11,17H,8H2,1-5H3. The van der Waals surface area contributed by atoms with Crippen molar-refractivity contribution in [3.8, 4) is 0 Å². The lowest BCUT2D eigenvalue weighted by molar-refractivity contribution is 0.591. The molecule has 0 radical (unpaired) electrons. The Morgan fingerprint density at radius 2 is 1.88 bits per heavy atom. The molecule has 0 saturated carbocycles. The fourth-order valence-electron chi connectivity index (χ4n) is 2.25. The first-order chi connectivity index (χ1) is 7.88. The van der Waals surface area contributed by atoms with E-state index in [0.717, 1.165) is 6.42 Å². The summed E-state index contributed by atoms with van der Waals surface area (Å²) in [5.74, 6) is 0.701. The summed E-state index contributed by atoms with van der Waals surface area (Å²) in [5, 5.41) is 1.39. The molecule has 1 N–H and O–H groups in total. The fourth-order valence-corrected chi connectivity index (χ4v) is 2.25. The van der Waals surface area contributed by atoms with Crippen LogP contribution in [0.3, 0.4) is 0 Å². The van der Waals surface area contributed by atoms with Gasteiger partial charge < -0.3 is 4.98 Å². The van der Waals surface area contributed by atoms with Gasteiger partial charge in [-0.1, -0.05) is 40.7 Å². The highest BCUT2D eigenvalue weighted by molar-refractivity contribution is 5.84. The molecule has 0 atom stereocenters. The molecule has 2 rings (SSSR count). The molecule has 1 heteroatoms. The van der Waals surface area contributed by atoms with Crippen molar-refractivity contribution < 1.29 is 0 Å². The number of rotatable bonds is 2. The van der Waals surface area contributed by atoms with Crippen molar-refractivity contribution in [2.75, 3.05) is 0 Å². The van der Waals surface area contributed by atoms with Crippen LogP contribution in [-0.2, 0) is 11.8 Å². The first-order valence-electron chi connectivity index (χ1n) is 6.48. The van der Waals surface area contributed by atoms with Gasteiger partial charge in [0.05, 0.1) is 0 Å². The van der Waals surface area contributed by atoms with Crippen LogP contribution in [0.2, 0.25) is 0 Å². The molecule has 0 unspecified atom stereocenters. The van der Waals surface area contributed by atoms with Crippen molar-refractivity contribution >= 4 is 10.9 Å². The van der Waals surface area contributed by atoms with E-state index >= 15 is 0 Å². The monoisotopic (exact) mass is 229 g/mol. The van der Waals surface area contributed by atoms with E-state index in [4.69, 9.17) is 0 Å². The summed E-state index contributed by atoms with van der Waals surface area (Å²) in [6.45, 7) is 11.3. The van der Waals surface area contributed by atoms with E-state index in [1.54, 1.807) is 0 Å². The molecular formula is C16H23N. The van der Waals surface area contributed by atoms with Crippen LogP contribution < -0.4 is 0 Å². The van der Waals surface area contributed by atoms with Crippen LogP contribution >= 0.6 is 0 Å². The van der Waals surface area contributed by atoms with Gasteiger partial charge in [0.2, 0.25) is 0 Å². The highest BCUT2D eigenvalue weighted by Crippen LogP contribution is 2.28. The summed E-state index contributed by atoms with van der Waals surface area (Å²) in [6.07, 6.45) is 3.31. The molecule has 2 aromatic rings. The number of fused-ring (bicyclic) bond motifs is 1. The number of aromatic nitrogens is 1. The van der Waals surface area contributed by atoms with E-state index in [1.165, 1.54) is 22.0 Å². The van der Waals surface area contributed by atoms with Crippen molar-refractivity contribution in [3.05, 3.63) is 35.5 Å². The van der Waals surface area contributed by atoms with Gasteiger partial charge in [0.15, 0.2) is 0 Å². The SMILES string of the molecule is CC(C)Cc1c[nH]c2ccc(C(C)(C)C)cc12. The molecule has 1 aromatic heterocycles. The topological polar surface area (TPSA) is 15.8 Å². The number of nitrogens with one attached hydrogen (secondary N) is 1. The van der Waals surface area contributed by atoms with Gasteiger partial charge in [-0.05, 0) is 41.0 Å². The normalized spacial score (nSPS) is 12.6. The fraction of sp³-hybridized carbons (Fsp3) is 0.500. The van der Waals surface area contributed by atoms with E-state index in [1.807, 2.05) is 0 Å². The molecule has 0 saturated heterocycles. The van der Waals surface area contributed by atoms with Crippen LogP contribution in [0, 0.1) is 5.92 Å². The molecule has 0 aliphatic heterocycles. The van der Waals surface area contributed by atoms with Gasteiger partial charge >= 0.3 is 0 Å². The lowest BCUT2D eigenvalue weighted by Crippen LogP contribution is -2.10. The Morgan fingerprint density at radius 3 is 2.47 bits per heavy atom. The van der Waals surface area contributed by atoms with Gasteiger partial charge in [-0.3, -0.25) is 0 Å². The van der Waals surface area contributed by atoms with Crippen LogP contribution in [0.4, 0.5) is 0 Å². The van der Waals surface area contributed by atoms with E-state index < -0.39 is 0 Å². The quantitative estimate of drug-likeness (QED) is 0.770. The Bertz CT molecular complexity index is 512. The number of benzene rings is 1. The summed E-state index contributed by atoms with van der Waals surface area (Å²) in [6, 6.07) is 6.79. The molecule has 1 heterocycles. The molecule has 0 amide bonds. The second-order valence-corrected chi connectivity index (χ2v) is 6.42. The molecule has 17 heavy (non-hydrogen) atoms. The minimum Gasteiger partial charge on any atom is -0.361 e. The van der Waals surface area contributed by atoms with Crippen LogP contribution in [0.1, 0.15) is 45.7 Å². The van der Waals surface area contributed by atoms with Crippen LogP contribution in [0.5, 0.6) is 0 Å². The summed E-state index contributed by atoms with van der Waals surface area (Å²) >= 11 is 0. The molecule has 0 fully saturated rings. The maximum atomic E-state index is 3.37. The third-order valence-corrected chi connectivity index (χ3v) is 3.26. The second-order valence-electron chi connectivity index (χ2n) is 6.42. The van der Waals surface area contributed by atoms with E-state index in [2.05, 4.69) is 64.0 Å². The van der Waals surface area contributed by atoms with Crippen molar-refractivity contribution in [1.29, 1.82) is 0 Å².